The van der Waals surface area contributed by atoms with Crippen LogP contribution in [0.4, 0.5) is 11.4 Å². The Morgan fingerprint density at radius 1 is 0.872 bits per heavy atom. The highest BCUT2D eigenvalue weighted by atomic mass is 35.5. The Morgan fingerprint density at radius 2 is 1.51 bits per heavy atom. The van der Waals surface area contributed by atoms with Gasteiger partial charge in [-0.05, 0) is 85.7 Å². The lowest BCUT2D eigenvalue weighted by Gasteiger charge is -2.43. The highest BCUT2D eigenvalue weighted by Gasteiger charge is 2.38. The van der Waals surface area contributed by atoms with Gasteiger partial charge < -0.3 is 14.7 Å². The first kappa shape index (κ1) is 26.9. The molecule has 5 rings (SSSR count). The first-order chi connectivity index (χ1) is 18.7. The fourth-order valence-corrected chi connectivity index (χ4v) is 6.21. The minimum atomic E-state index is -0.206. The summed E-state index contributed by atoms with van der Waals surface area (Å²) in [5.74, 6) is 0.416. The molecule has 0 unspecified atom stereocenters. The Kier molecular flexibility index (Phi) is 7.76. The second-order valence-electron chi connectivity index (χ2n) is 10.6. The molecule has 0 aliphatic carbocycles. The molecule has 0 radical (unpaired) electrons. The fourth-order valence-electron chi connectivity index (χ4n) is 6.08. The van der Waals surface area contributed by atoms with Crippen molar-refractivity contribution in [2.75, 3.05) is 22.9 Å². The van der Waals surface area contributed by atoms with Crippen molar-refractivity contribution in [3.8, 4) is 0 Å². The summed E-state index contributed by atoms with van der Waals surface area (Å²) in [6.07, 6.45) is 2.48. The Labute approximate surface area is 235 Å². The van der Waals surface area contributed by atoms with Gasteiger partial charge in [0.25, 0.3) is 5.91 Å². The zero-order valence-electron chi connectivity index (χ0n) is 22.6. The number of hydrogen-bond donors (Lipinski definition) is 0. The van der Waals surface area contributed by atoms with Crippen molar-refractivity contribution in [2.24, 2.45) is 0 Å². The molecule has 0 aromatic heterocycles. The molecule has 0 spiro atoms. The van der Waals surface area contributed by atoms with E-state index in [0.29, 0.717) is 22.9 Å². The molecule has 2 aliphatic heterocycles. The standard InChI is InChI=1S/C32H34ClN3O3/c1-21-20-31(36(23(3)38)28-14-12-27(33)13-15-28)29-6-4-5-7-30(29)35(21)32(39)26-10-8-24(9-11-26)25-16-18-34(19-17-25)22(2)37/h4-15,21,25,31H,16-20H2,1-3H3/t21-,31+/m0/s1. The van der Waals surface area contributed by atoms with Crippen molar-refractivity contribution in [1.29, 1.82) is 0 Å². The highest BCUT2D eigenvalue weighted by Crippen LogP contribution is 2.43. The Bertz CT molecular complexity index is 1360. The van der Waals surface area contributed by atoms with Gasteiger partial charge in [0.15, 0.2) is 0 Å². The minimum absolute atomic E-state index is 0.0489. The van der Waals surface area contributed by atoms with Gasteiger partial charge in [-0.25, -0.2) is 0 Å². The molecule has 1 saturated heterocycles. The van der Waals surface area contributed by atoms with Crippen molar-refractivity contribution in [2.45, 2.75) is 58.0 Å². The third-order valence-electron chi connectivity index (χ3n) is 8.10. The predicted octanol–water partition coefficient (Wildman–Crippen LogP) is 6.60. The Balaban J connectivity index is 1.40. The first-order valence-electron chi connectivity index (χ1n) is 13.6. The maximum absolute atomic E-state index is 13.9. The van der Waals surface area contributed by atoms with E-state index in [9.17, 15) is 14.4 Å². The van der Waals surface area contributed by atoms with E-state index < -0.39 is 0 Å². The quantitative estimate of drug-likeness (QED) is 0.372. The molecule has 1 fully saturated rings. The topological polar surface area (TPSA) is 60.9 Å². The summed E-state index contributed by atoms with van der Waals surface area (Å²) in [5.41, 5.74) is 4.40. The number of piperidine rings is 1. The van der Waals surface area contributed by atoms with Crippen LogP contribution in [0.2, 0.25) is 5.02 Å². The first-order valence-corrected chi connectivity index (χ1v) is 14.0. The van der Waals surface area contributed by atoms with Crippen molar-refractivity contribution >= 4 is 40.7 Å². The van der Waals surface area contributed by atoms with Crippen molar-refractivity contribution in [3.63, 3.8) is 0 Å². The number of benzene rings is 3. The van der Waals surface area contributed by atoms with E-state index in [-0.39, 0.29) is 29.8 Å². The number of likely N-dealkylation sites (tertiary alicyclic amines) is 1. The fraction of sp³-hybridized carbons (Fsp3) is 0.344. The maximum Gasteiger partial charge on any atom is 0.258 e. The number of para-hydroxylation sites is 1. The average molecular weight is 544 g/mol. The molecule has 0 bridgehead atoms. The number of anilines is 2. The summed E-state index contributed by atoms with van der Waals surface area (Å²) in [6.45, 7) is 6.79. The van der Waals surface area contributed by atoms with Gasteiger partial charge in [-0.2, -0.15) is 0 Å². The van der Waals surface area contributed by atoms with Crippen LogP contribution in [0.15, 0.2) is 72.8 Å². The van der Waals surface area contributed by atoms with Crippen LogP contribution in [0.25, 0.3) is 0 Å². The molecule has 6 nitrogen and oxygen atoms in total. The number of nitrogens with zero attached hydrogens (tertiary/aromatic N) is 3. The third-order valence-corrected chi connectivity index (χ3v) is 8.36. The summed E-state index contributed by atoms with van der Waals surface area (Å²) in [4.78, 5) is 44.0. The largest absolute Gasteiger partial charge is 0.343 e. The Hall–Kier alpha value is -3.64. The molecular formula is C32H34ClN3O3. The molecule has 39 heavy (non-hydrogen) atoms. The molecule has 2 aliphatic rings. The van der Waals surface area contributed by atoms with Gasteiger partial charge >= 0.3 is 0 Å². The normalized spacial score (nSPS) is 19.4. The van der Waals surface area contributed by atoms with Crippen molar-refractivity contribution in [3.05, 3.63) is 94.5 Å². The number of amides is 3. The van der Waals surface area contributed by atoms with E-state index >= 15 is 0 Å². The van der Waals surface area contributed by atoms with Crippen LogP contribution in [0.5, 0.6) is 0 Å². The van der Waals surface area contributed by atoms with Crippen LogP contribution in [0.3, 0.4) is 0 Å². The van der Waals surface area contributed by atoms with E-state index in [4.69, 9.17) is 11.6 Å². The molecule has 2 heterocycles. The van der Waals surface area contributed by atoms with Crippen molar-refractivity contribution in [1.82, 2.24) is 4.90 Å². The molecular weight excluding hydrogens is 510 g/mol. The third kappa shape index (κ3) is 5.44. The summed E-state index contributed by atoms with van der Waals surface area (Å²) in [6, 6.07) is 22.8. The number of hydrogen-bond acceptors (Lipinski definition) is 3. The average Bonchev–Trinajstić information content (AvgIpc) is 2.94. The summed E-state index contributed by atoms with van der Waals surface area (Å²) < 4.78 is 0. The van der Waals surface area contributed by atoms with Gasteiger partial charge in [-0.1, -0.05) is 41.9 Å². The molecule has 3 aromatic rings. The number of fused-ring (bicyclic) bond motifs is 1. The Morgan fingerprint density at radius 3 is 2.13 bits per heavy atom. The summed E-state index contributed by atoms with van der Waals surface area (Å²) >= 11 is 6.11. The molecule has 0 N–H and O–H groups in total. The molecule has 202 valence electrons. The van der Waals surface area contributed by atoms with Crippen LogP contribution in [0.1, 0.15) is 73.5 Å². The molecule has 3 aromatic carbocycles. The smallest absolute Gasteiger partial charge is 0.258 e. The SMILES string of the molecule is CC(=O)N1CCC(c2ccc(C(=O)N3c4ccccc4[C@H](N(C(C)=O)c4ccc(Cl)cc4)C[C@@H]3C)cc2)CC1. The van der Waals surface area contributed by atoms with Crippen LogP contribution in [-0.4, -0.2) is 41.8 Å². The minimum Gasteiger partial charge on any atom is -0.343 e. The van der Waals surface area contributed by atoms with Gasteiger partial charge in [0, 0.05) is 54.9 Å². The van der Waals surface area contributed by atoms with Crippen LogP contribution in [-0.2, 0) is 9.59 Å². The summed E-state index contributed by atoms with van der Waals surface area (Å²) in [7, 11) is 0. The van der Waals surface area contributed by atoms with E-state index in [1.54, 1.807) is 30.9 Å². The van der Waals surface area contributed by atoms with Gasteiger partial charge in [0.1, 0.15) is 0 Å². The lowest BCUT2D eigenvalue weighted by atomic mass is 9.88. The number of halogens is 1. The monoisotopic (exact) mass is 543 g/mol. The number of carbonyl (C=O) groups is 3. The van der Waals surface area contributed by atoms with E-state index in [1.165, 1.54) is 5.56 Å². The van der Waals surface area contributed by atoms with Crippen LogP contribution in [0, 0.1) is 0 Å². The highest BCUT2D eigenvalue weighted by molar-refractivity contribution is 6.30. The second-order valence-corrected chi connectivity index (χ2v) is 11.0. The number of rotatable bonds is 4. The van der Waals surface area contributed by atoms with Crippen LogP contribution >= 0.6 is 11.6 Å². The van der Waals surface area contributed by atoms with E-state index in [1.807, 2.05) is 65.3 Å². The molecule has 0 saturated carbocycles. The second kappa shape index (κ2) is 11.2. The van der Waals surface area contributed by atoms with Gasteiger partial charge in [0.2, 0.25) is 11.8 Å². The van der Waals surface area contributed by atoms with Crippen molar-refractivity contribution < 1.29 is 14.4 Å². The van der Waals surface area contributed by atoms with Gasteiger partial charge in [0.05, 0.1) is 6.04 Å². The molecule has 7 heteroatoms. The van der Waals surface area contributed by atoms with Crippen LogP contribution < -0.4 is 9.80 Å². The zero-order chi connectivity index (χ0) is 27.7. The zero-order valence-corrected chi connectivity index (χ0v) is 23.4. The molecule has 2 atom stereocenters. The summed E-state index contributed by atoms with van der Waals surface area (Å²) in [5, 5.41) is 0.615. The van der Waals surface area contributed by atoms with E-state index in [2.05, 4.69) is 12.1 Å². The van der Waals surface area contributed by atoms with Gasteiger partial charge in [-0.15, -0.1) is 0 Å². The number of carbonyl (C=O) groups excluding carboxylic acids is 3. The van der Waals surface area contributed by atoms with Gasteiger partial charge in [-0.3, -0.25) is 14.4 Å². The molecule has 3 amide bonds. The lowest BCUT2D eigenvalue weighted by molar-refractivity contribution is -0.129. The predicted molar refractivity (Wildman–Crippen MR) is 155 cm³/mol. The van der Waals surface area contributed by atoms with E-state index in [0.717, 1.165) is 42.9 Å². The maximum atomic E-state index is 13.9. The lowest BCUT2D eigenvalue weighted by Crippen LogP contribution is -2.47.